The van der Waals surface area contributed by atoms with Crippen molar-refractivity contribution in [2.24, 2.45) is 0 Å². The van der Waals surface area contributed by atoms with E-state index in [0.717, 1.165) is 13.2 Å². The van der Waals surface area contributed by atoms with Crippen molar-refractivity contribution in [1.82, 2.24) is 0 Å². The summed E-state index contributed by atoms with van der Waals surface area (Å²) in [5.74, 6) is -3.00. The fraction of sp³-hybridized carbons (Fsp3) is 0.222. The molecule has 0 spiro atoms. The molecule has 0 saturated heterocycles. The number of phenols is 1. The molecule has 5 heteroatoms. The summed E-state index contributed by atoms with van der Waals surface area (Å²) < 4.78 is 26.7. The first-order chi connectivity index (χ1) is 7.73. The Kier molecular flexibility index (Phi) is 1.89. The van der Waals surface area contributed by atoms with Gasteiger partial charge in [0.25, 0.3) is 0 Å². The number of rotatable bonds is 3. The van der Waals surface area contributed by atoms with Gasteiger partial charge in [0.05, 0.1) is 11.2 Å². The van der Waals surface area contributed by atoms with E-state index < -0.39 is 41.2 Å². The van der Waals surface area contributed by atoms with Crippen molar-refractivity contribution in [2.45, 2.75) is 6.08 Å². The van der Waals surface area contributed by atoms with Crippen molar-refractivity contribution < 1.29 is 29.0 Å². The molecular formula is C9H10O5. The molecule has 0 aliphatic carbocycles. The lowest BCUT2D eigenvalue weighted by Crippen LogP contribution is -2.10. The topological polar surface area (TPSA) is 87.0 Å². The monoisotopic (exact) mass is 201 g/mol. The first kappa shape index (κ1) is 6.67. The number of aliphatic carboxylic acids is 1. The molecule has 0 aliphatic rings. The van der Waals surface area contributed by atoms with Crippen LogP contribution in [-0.2, 0) is 4.79 Å². The highest BCUT2D eigenvalue weighted by molar-refractivity contribution is 5.74. The molecule has 14 heavy (non-hydrogen) atoms. The summed E-state index contributed by atoms with van der Waals surface area (Å²) in [7, 11) is 1.11. The minimum Gasteiger partial charge on any atom is -0.504 e. The summed E-state index contributed by atoms with van der Waals surface area (Å²) in [5.41, 5.74) is -0.648. The Hall–Kier alpha value is -1.75. The normalized spacial score (nSPS) is 17.4. The lowest BCUT2D eigenvalue weighted by Gasteiger charge is -2.08. The molecule has 1 aromatic carbocycles. The van der Waals surface area contributed by atoms with Crippen molar-refractivity contribution in [3.63, 3.8) is 0 Å². The van der Waals surface area contributed by atoms with Crippen LogP contribution in [0.2, 0.25) is 0 Å². The highest BCUT2D eigenvalue weighted by Crippen LogP contribution is 2.28. The second-order valence-electron chi connectivity index (χ2n) is 2.36. The van der Waals surface area contributed by atoms with E-state index in [1.165, 1.54) is 0 Å². The molecule has 1 aromatic rings. The van der Waals surface area contributed by atoms with E-state index in [4.69, 9.17) is 9.22 Å². The van der Waals surface area contributed by atoms with Crippen LogP contribution < -0.4 is 4.74 Å². The minimum absolute atomic E-state index is 0.459. The predicted octanol–water partition coefficient (Wildman–Crippen LogP) is 0.519. The maximum atomic E-state index is 10.7. The summed E-state index contributed by atoms with van der Waals surface area (Å²) in [6, 6.07) is -0.456. The van der Waals surface area contributed by atoms with Gasteiger partial charge in [-0.15, -0.1) is 0 Å². The molecule has 0 amide bonds. The average molecular weight is 201 g/mol. The fourth-order valence-corrected chi connectivity index (χ4v) is 0.814. The standard InChI is InChI=1S/C9H10O5/c1-14-7-4-5(2-3-6(7)10)8(11)9(12)13/h2-4,8,10-11H,1H3,(H,12,13)/i3D,4D,8D. The van der Waals surface area contributed by atoms with Crippen LogP contribution >= 0.6 is 0 Å². The van der Waals surface area contributed by atoms with Crippen molar-refractivity contribution in [2.75, 3.05) is 7.11 Å². The second kappa shape index (κ2) is 3.97. The number of aliphatic hydroxyl groups is 1. The van der Waals surface area contributed by atoms with Crippen LogP contribution in [0.1, 0.15) is 15.8 Å². The number of benzene rings is 1. The van der Waals surface area contributed by atoms with Gasteiger partial charge >= 0.3 is 5.97 Å². The van der Waals surface area contributed by atoms with Gasteiger partial charge < -0.3 is 20.1 Å². The summed E-state index contributed by atoms with van der Waals surface area (Å²) in [5, 5.41) is 27.4. The molecular weight excluding hydrogens is 188 g/mol. The van der Waals surface area contributed by atoms with Crippen LogP contribution in [0, 0.1) is 0 Å². The van der Waals surface area contributed by atoms with Gasteiger partial charge in [0.15, 0.2) is 17.6 Å². The molecule has 0 saturated carbocycles. The number of hydrogen-bond donors (Lipinski definition) is 3. The van der Waals surface area contributed by atoms with Gasteiger partial charge in [0, 0.05) is 0 Å². The number of carboxylic acid groups (broad SMARTS) is 1. The molecule has 3 N–H and O–H groups in total. The van der Waals surface area contributed by atoms with E-state index >= 15 is 0 Å². The number of ether oxygens (including phenoxy) is 1. The Balaban J connectivity index is 3.57. The average Bonchev–Trinajstić information content (AvgIpc) is 2.23. The molecule has 0 radical (unpaired) electrons. The third kappa shape index (κ3) is 1.94. The lowest BCUT2D eigenvalue weighted by molar-refractivity contribution is -0.146. The maximum absolute atomic E-state index is 10.7. The number of methoxy groups -OCH3 is 1. The molecule has 0 aromatic heterocycles. The van der Waals surface area contributed by atoms with Gasteiger partial charge in [-0.2, -0.15) is 0 Å². The van der Waals surface area contributed by atoms with Crippen molar-refractivity contribution >= 4 is 5.97 Å². The van der Waals surface area contributed by atoms with Crippen LogP contribution in [0.4, 0.5) is 0 Å². The Bertz CT molecular complexity index is 472. The van der Waals surface area contributed by atoms with Gasteiger partial charge in [-0.05, 0) is 17.6 Å². The summed E-state index contributed by atoms with van der Waals surface area (Å²) in [4.78, 5) is 10.7. The van der Waals surface area contributed by atoms with E-state index in [1.54, 1.807) is 0 Å². The van der Waals surface area contributed by atoms with E-state index in [-0.39, 0.29) is 0 Å². The van der Waals surface area contributed by atoms with Gasteiger partial charge in [-0.25, -0.2) is 4.79 Å². The zero-order valence-electron chi connectivity index (χ0n) is 10.2. The molecule has 1 rings (SSSR count). The third-order valence-corrected chi connectivity index (χ3v) is 1.48. The lowest BCUT2D eigenvalue weighted by atomic mass is 10.1. The quantitative estimate of drug-likeness (QED) is 0.663. The number of aromatic hydroxyl groups is 1. The summed E-state index contributed by atoms with van der Waals surface area (Å²) in [6.45, 7) is 0. The summed E-state index contributed by atoms with van der Waals surface area (Å²) in [6.07, 6.45) is -3.08. The number of carbonyl (C=O) groups is 1. The summed E-state index contributed by atoms with van der Waals surface area (Å²) >= 11 is 0. The maximum Gasteiger partial charge on any atom is 0.337 e. The van der Waals surface area contributed by atoms with Gasteiger partial charge in [0.1, 0.15) is 0 Å². The zero-order chi connectivity index (χ0) is 13.4. The molecule has 0 fully saturated rings. The van der Waals surface area contributed by atoms with Gasteiger partial charge in [0.2, 0.25) is 0 Å². The molecule has 0 heterocycles. The highest BCUT2D eigenvalue weighted by atomic mass is 16.5. The van der Waals surface area contributed by atoms with Crippen LogP contribution in [-0.4, -0.2) is 28.4 Å². The molecule has 1 unspecified atom stereocenters. The second-order valence-corrected chi connectivity index (χ2v) is 2.36. The highest BCUT2D eigenvalue weighted by Gasteiger charge is 2.17. The molecule has 0 bridgehead atoms. The largest absolute Gasteiger partial charge is 0.504 e. The van der Waals surface area contributed by atoms with Crippen LogP contribution in [0.15, 0.2) is 18.2 Å². The Labute approximate surface area is 84.4 Å². The molecule has 5 nitrogen and oxygen atoms in total. The van der Waals surface area contributed by atoms with Crippen molar-refractivity contribution in [3.05, 3.63) is 23.7 Å². The Morgan fingerprint density at radius 1 is 1.79 bits per heavy atom. The van der Waals surface area contributed by atoms with Crippen LogP contribution in [0.5, 0.6) is 11.5 Å². The SMILES string of the molecule is [2H]c1cc(C([2H])(O)C(=O)O)c([2H])c(OC)c1O. The van der Waals surface area contributed by atoms with E-state index in [2.05, 4.69) is 4.74 Å². The van der Waals surface area contributed by atoms with E-state index in [0.29, 0.717) is 0 Å². The molecule has 1 atom stereocenters. The number of phenolic OH excluding ortho intramolecular Hbond substituents is 1. The van der Waals surface area contributed by atoms with Crippen molar-refractivity contribution in [1.29, 1.82) is 0 Å². The molecule has 0 aliphatic heterocycles. The number of hydrogen-bond acceptors (Lipinski definition) is 4. The van der Waals surface area contributed by atoms with Crippen molar-refractivity contribution in [3.8, 4) is 11.5 Å². The minimum atomic E-state index is -3.08. The van der Waals surface area contributed by atoms with Crippen LogP contribution in [0.25, 0.3) is 0 Å². The van der Waals surface area contributed by atoms with E-state index in [9.17, 15) is 15.0 Å². The molecule has 76 valence electrons. The van der Waals surface area contributed by atoms with E-state index in [1.807, 2.05) is 0 Å². The zero-order valence-corrected chi connectivity index (χ0v) is 7.24. The third-order valence-electron chi connectivity index (χ3n) is 1.48. The predicted molar refractivity (Wildman–Crippen MR) is 47.3 cm³/mol. The fourth-order valence-electron chi connectivity index (χ4n) is 0.814. The smallest absolute Gasteiger partial charge is 0.337 e. The first-order valence-electron chi connectivity index (χ1n) is 5.06. The van der Waals surface area contributed by atoms with Crippen LogP contribution in [0.3, 0.4) is 0 Å². The van der Waals surface area contributed by atoms with Gasteiger partial charge in [-0.1, -0.05) is 6.07 Å². The Morgan fingerprint density at radius 2 is 2.43 bits per heavy atom. The van der Waals surface area contributed by atoms with Gasteiger partial charge in [-0.3, -0.25) is 0 Å². The number of carboxylic acids is 1. The first-order valence-corrected chi connectivity index (χ1v) is 3.56. The Morgan fingerprint density at radius 3 is 2.93 bits per heavy atom.